The summed E-state index contributed by atoms with van der Waals surface area (Å²) >= 11 is 0. The number of halogens is 5. The van der Waals surface area contributed by atoms with Gasteiger partial charge >= 0.3 is 6.18 Å². The Hall–Kier alpha value is -2.73. The highest BCUT2D eigenvalue weighted by atomic mass is 19.4. The Morgan fingerprint density at radius 2 is 2.03 bits per heavy atom. The molecule has 32 heavy (non-hydrogen) atoms. The van der Waals surface area contributed by atoms with E-state index in [0.717, 1.165) is 19.1 Å². The van der Waals surface area contributed by atoms with Gasteiger partial charge in [0.1, 0.15) is 18.5 Å². The lowest BCUT2D eigenvalue weighted by atomic mass is 9.77. The molecule has 1 aromatic carbocycles. The fourth-order valence-electron chi connectivity index (χ4n) is 3.82. The number of alkyl halides is 3. The lowest BCUT2D eigenvalue weighted by Crippen LogP contribution is -2.47. The van der Waals surface area contributed by atoms with E-state index < -0.39 is 66.2 Å². The first-order chi connectivity index (χ1) is 14.9. The third-order valence-electron chi connectivity index (χ3n) is 5.78. The SMILES string of the molecule is C[C@H]1[C@@H](c2ccc(F)c(F)c2OCCO)[C@H](C(=O)Nc2ccnn2C)O[C@@]1(C)C(F)(F)F. The molecule has 0 bridgehead atoms. The van der Waals surface area contributed by atoms with Crippen LogP contribution in [0.15, 0.2) is 24.4 Å². The quantitative estimate of drug-likeness (QED) is 0.643. The molecule has 176 valence electrons. The van der Waals surface area contributed by atoms with Crippen molar-refractivity contribution in [3.05, 3.63) is 41.6 Å². The number of benzene rings is 1. The van der Waals surface area contributed by atoms with Crippen LogP contribution >= 0.6 is 0 Å². The van der Waals surface area contributed by atoms with Gasteiger partial charge in [0, 0.05) is 30.5 Å². The number of aliphatic hydroxyl groups excluding tert-OH is 1. The number of rotatable bonds is 6. The molecule has 4 atom stereocenters. The van der Waals surface area contributed by atoms with Gasteiger partial charge < -0.3 is 19.9 Å². The molecule has 1 fully saturated rings. The number of carbonyl (C=O) groups excluding carboxylic acids is 1. The van der Waals surface area contributed by atoms with Gasteiger partial charge in [-0.1, -0.05) is 13.0 Å². The number of hydrogen-bond acceptors (Lipinski definition) is 5. The lowest BCUT2D eigenvalue weighted by Gasteiger charge is -2.32. The molecule has 1 saturated heterocycles. The van der Waals surface area contributed by atoms with Crippen LogP contribution in [0.4, 0.5) is 27.8 Å². The summed E-state index contributed by atoms with van der Waals surface area (Å²) in [6.07, 6.45) is -5.20. The van der Waals surface area contributed by atoms with Crippen LogP contribution in [0.25, 0.3) is 0 Å². The van der Waals surface area contributed by atoms with Gasteiger partial charge in [0.2, 0.25) is 5.82 Å². The summed E-state index contributed by atoms with van der Waals surface area (Å²) in [4.78, 5) is 13.0. The predicted octanol–water partition coefficient (Wildman–Crippen LogP) is 3.15. The predicted molar refractivity (Wildman–Crippen MR) is 102 cm³/mol. The van der Waals surface area contributed by atoms with E-state index in [1.54, 1.807) is 0 Å². The third-order valence-corrected chi connectivity index (χ3v) is 5.78. The van der Waals surface area contributed by atoms with Crippen LogP contribution in [0.1, 0.15) is 25.3 Å². The number of ether oxygens (including phenoxy) is 2. The number of aliphatic hydroxyl groups is 1. The molecule has 0 unspecified atom stereocenters. The summed E-state index contributed by atoms with van der Waals surface area (Å²) < 4.78 is 81.9. The number of hydrogen-bond donors (Lipinski definition) is 2. The van der Waals surface area contributed by atoms with Crippen LogP contribution < -0.4 is 10.1 Å². The number of amides is 1. The molecule has 2 N–H and O–H groups in total. The topological polar surface area (TPSA) is 85.6 Å². The second-order valence-corrected chi connectivity index (χ2v) is 7.64. The molecular weight excluding hydrogens is 441 g/mol. The maximum atomic E-state index is 14.5. The normalized spacial score (nSPS) is 25.7. The second-order valence-electron chi connectivity index (χ2n) is 7.64. The maximum Gasteiger partial charge on any atom is 0.417 e. The first kappa shape index (κ1) is 23.9. The van der Waals surface area contributed by atoms with Crippen molar-refractivity contribution in [1.29, 1.82) is 0 Å². The molecular formula is C20H22F5N3O4. The molecule has 3 rings (SSSR count). The Bertz CT molecular complexity index is 996. The van der Waals surface area contributed by atoms with E-state index in [2.05, 4.69) is 10.4 Å². The minimum Gasteiger partial charge on any atom is -0.488 e. The number of aryl methyl sites for hydroxylation is 1. The van der Waals surface area contributed by atoms with Crippen LogP contribution in [0.3, 0.4) is 0 Å². The fraction of sp³-hybridized carbons (Fsp3) is 0.500. The smallest absolute Gasteiger partial charge is 0.417 e. The zero-order chi connectivity index (χ0) is 23.8. The number of anilines is 1. The first-order valence-corrected chi connectivity index (χ1v) is 9.67. The third kappa shape index (κ3) is 4.04. The average Bonchev–Trinajstić information content (AvgIpc) is 3.24. The largest absolute Gasteiger partial charge is 0.488 e. The van der Waals surface area contributed by atoms with Gasteiger partial charge in [-0.3, -0.25) is 9.48 Å². The molecule has 2 heterocycles. The Kier molecular flexibility index (Phi) is 6.47. The van der Waals surface area contributed by atoms with Crippen molar-refractivity contribution in [2.45, 2.75) is 37.6 Å². The molecule has 2 aromatic rings. The van der Waals surface area contributed by atoms with Gasteiger partial charge in [-0.05, 0) is 13.0 Å². The van der Waals surface area contributed by atoms with E-state index >= 15 is 0 Å². The number of nitrogens with one attached hydrogen (secondary N) is 1. The van der Waals surface area contributed by atoms with Gasteiger partial charge in [-0.15, -0.1) is 0 Å². The van der Waals surface area contributed by atoms with Crippen LogP contribution in [0.2, 0.25) is 0 Å². The minimum atomic E-state index is -4.86. The molecule has 0 saturated carbocycles. The monoisotopic (exact) mass is 463 g/mol. The molecule has 1 aliphatic rings. The fourth-order valence-corrected chi connectivity index (χ4v) is 3.82. The zero-order valence-corrected chi connectivity index (χ0v) is 17.4. The highest BCUT2D eigenvalue weighted by Gasteiger charge is 2.66. The van der Waals surface area contributed by atoms with Gasteiger partial charge in [-0.2, -0.15) is 22.7 Å². The Labute approximate surface area is 180 Å². The number of nitrogens with zero attached hydrogens (tertiary/aromatic N) is 2. The van der Waals surface area contributed by atoms with Gasteiger partial charge in [0.05, 0.1) is 12.8 Å². The van der Waals surface area contributed by atoms with Crippen LogP contribution in [0.5, 0.6) is 5.75 Å². The van der Waals surface area contributed by atoms with Crippen LogP contribution in [-0.2, 0) is 16.6 Å². The van der Waals surface area contributed by atoms with Crippen molar-refractivity contribution < 1.29 is 41.3 Å². The van der Waals surface area contributed by atoms with E-state index in [4.69, 9.17) is 14.6 Å². The van der Waals surface area contributed by atoms with Gasteiger partial charge in [0.15, 0.2) is 17.2 Å². The summed E-state index contributed by atoms with van der Waals surface area (Å²) in [7, 11) is 1.52. The number of aromatic nitrogens is 2. The number of carbonyl (C=O) groups is 1. The molecule has 0 spiro atoms. The maximum absolute atomic E-state index is 14.5. The minimum absolute atomic E-state index is 0.178. The first-order valence-electron chi connectivity index (χ1n) is 9.67. The molecule has 0 radical (unpaired) electrons. The van der Waals surface area contributed by atoms with E-state index in [1.807, 2.05) is 0 Å². The summed E-state index contributed by atoms with van der Waals surface area (Å²) in [5, 5.41) is 15.3. The van der Waals surface area contributed by atoms with Gasteiger partial charge in [-0.25, -0.2) is 4.39 Å². The lowest BCUT2D eigenvalue weighted by molar-refractivity contribution is -0.272. The van der Waals surface area contributed by atoms with E-state index in [1.165, 1.54) is 30.9 Å². The summed E-state index contributed by atoms with van der Waals surface area (Å²) in [5.41, 5.74) is -2.94. The van der Waals surface area contributed by atoms with Crippen LogP contribution in [0, 0.1) is 17.6 Å². The second kappa shape index (κ2) is 8.66. The summed E-state index contributed by atoms with van der Waals surface area (Å²) in [6, 6.07) is 3.23. The molecule has 7 nitrogen and oxygen atoms in total. The highest BCUT2D eigenvalue weighted by molar-refractivity contribution is 5.94. The van der Waals surface area contributed by atoms with Crippen molar-refractivity contribution in [3.63, 3.8) is 0 Å². The standard InChI is InChI=1S/C20H22F5N3O4/c1-10-14(11-4-5-12(21)15(22)16(11)31-9-8-29)17(32-19(10,2)20(23,24)25)18(30)27-13-6-7-26-28(13)3/h4-7,10,14,17,29H,8-9H2,1-3H3,(H,27,30)/t10-,14-,17+,19+/m0/s1. The van der Waals surface area contributed by atoms with E-state index in [0.29, 0.717) is 0 Å². The summed E-state index contributed by atoms with van der Waals surface area (Å²) in [5.74, 6) is -6.85. The van der Waals surface area contributed by atoms with Crippen molar-refractivity contribution in [2.75, 3.05) is 18.5 Å². The van der Waals surface area contributed by atoms with E-state index in [-0.39, 0.29) is 11.4 Å². The Morgan fingerprint density at radius 1 is 1.34 bits per heavy atom. The molecule has 1 amide bonds. The molecule has 1 aromatic heterocycles. The van der Waals surface area contributed by atoms with Crippen LogP contribution in [-0.4, -0.2) is 51.9 Å². The summed E-state index contributed by atoms with van der Waals surface area (Å²) in [6.45, 7) is 1.04. The van der Waals surface area contributed by atoms with E-state index in [9.17, 15) is 26.7 Å². The highest BCUT2D eigenvalue weighted by Crippen LogP contribution is 2.55. The van der Waals surface area contributed by atoms with Crippen molar-refractivity contribution in [2.24, 2.45) is 13.0 Å². The Balaban J connectivity index is 2.10. The molecule has 1 aliphatic heterocycles. The Morgan fingerprint density at radius 3 is 2.59 bits per heavy atom. The van der Waals surface area contributed by atoms with Crippen molar-refractivity contribution in [3.8, 4) is 5.75 Å². The average molecular weight is 463 g/mol. The zero-order valence-electron chi connectivity index (χ0n) is 17.4. The van der Waals surface area contributed by atoms with Gasteiger partial charge in [0.25, 0.3) is 5.91 Å². The van der Waals surface area contributed by atoms with Crippen molar-refractivity contribution >= 4 is 11.7 Å². The molecule has 0 aliphatic carbocycles. The van der Waals surface area contributed by atoms with Crippen molar-refractivity contribution in [1.82, 2.24) is 9.78 Å². The molecule has 12 heteroatoms.